The average molecular weight is 343 g/mol. The highest BCUT2D eigenvalue weighted by molar-refractivity contribution is 7.17. The molecule has 3 aromatic carbocycles. The van der Waals surface area contributed by atoms with Crippen LogP contribution in [0.2, 0.25) is 0 Å². The fourth-order valence-electron chi connectivity index (χ4n) is 2.89. The van der Waals surface area contributed by atoms with Crippen molar-refractivity contribution in [2.75, 3.05) is 0 Å². The number of aromatic nitrogens is 1. The molecule has 4 rings (SSSR count). The zero-order valence-corrected chi connectivity index (χ0v) is 14.0. The Kier molecular flexibility index (Phi) is 3.96. The maximum absolute atomic E-state index is 10.8. The van der Waals surface area contributed by atoms with E-state index in [0.717, 1.165) is 45.0 Å². The molecular weight excluding hydrogens is 330 g/mol. The lowest BCUT2D eigenvalue weighted by atomic mass is 9.98. The second-order valence-electron chi connectivity index (χ2n) is 5.67. The molecule has 0 N–H and O–H groups in total. The van der Waals surface area contributed by atoms with Crippen molar-refractivity contribution in [2.24, 2.45) is 0 Å². The summed E-state index contributed by atoms with van der Waals surface area (Å²) in [5, 5.41) is 0. The molecule has 0 bridgehead atoms. The van der Waals surface area contributed by atoms with Gasteiger partial charge >= 0.3 is 0 Å². The minimum Gasteiger partial charge on any atom is -0.298 e. The second kappa shape index (κ2) is 6.42. The first-order valence-electron chi connectivity index (χ1n) is 7.77. The number of benzene rings is 3. The van der Waals surface area contributed by atoms with Gasteiger partial charge in [0.2, 0.25) is 0 Å². The summed E-state index contributed by atoms with van der Waals surface area (Å²) in [6, 6.07) is 19.2. The van der Waals surface area contributed by atoms with Crippen LogP contribution in [-0.4, -0.2) is 17.6 Å². The molecule has 0 atom stereocenters. The quantitative estimate of drug-likeness (QED) is 0.475. The van der Waals surface area contributed by atoms with Crippen molar-refractivity contribution >= 4 is 34.1 Å². The summed E-state index contributed by atoms with van der Waals surface area (Å²) < 4.78 is 1.11. The Bertz CT molecular complexity index is 978. The van der Waals surface area contributed by atoms with Crippen molar-refractivity contribution in [2.45, 2.75) is 0 Å². The molecule has 0 aliphatic carbocycles. The molecule has 3 nitrogen and oxygen atoms in total. The molecule has 0 aliphatic rings. The lowest BCUT2D eigenvalue weighted by Gasteiger charge is -2.08. The van der Waals surface area contributed by atoms with Gasteiger partial charge in [0.1, 0.15) is 12.6 Å². The number of rotatable bonds is 4. The topological polar surface area (TPSA) is 47.0 Å². The summed E-state index contributed by atoms with van der Waals surface area (Å²) in [6.07, 6.45) is 1.69. The van der Waals surface area contributed by atoms with Crippen LogP contribution in [0.15, 0.2) is 66.2 Å². The molecule has 0 aliphatic heterocycles. The molecule has 1 aromatic heterocycles. The van der Waals surface area contributed by atoms with Crippen LogP contribution in [0.1, 0.15) is 20.7 Å². The predicted molar refractivity (Wildman–Crippen MR) is 101 cm³/mol. The van der Waals surface area contributed by atoms with E-state index in [2.05, 4.69) is 17.1 Å². The first kappa shape index (κ1) is 15.4. The maximum atomic E-state index is 10.8. The third kappa shape index (κ3) is 2.77. The lowest BCUT2D eigenvalue weighted by molar-refractivity contribution is 0.111. The first-order valence-corrected chi connectivity index (χ1v) is 8.65. The number of aldehydes is 2. The van der Waals surface area contributed by atoms with Gasteiger partial charge in [-0.15, -0.1) is 11.3 Å². The van der Waals surface area contributed by atoms with Crippen LogP contribution in [0.3, 0.4) is 0 Å². The van der Waals surface area contributed by atoms with Gasteiger partial charge in [-0.2, -0.15) is 0 Å². The van der Waals surface area contributed by atoms with E-state index in [9.17, 15) is 9.59 Å². The molecule has 1 heterocycles. The molecule has 120 valence electrons. The number of thiazole rings is 1. The van der Waals surface area contributed by atoms with Crippen molar-refractivity contribution in [3.63, 3.8) is 0 Å². The molecule has 0 saturated heterocycles. The van der Waals surface area contributed by atoms with E-state index >= 15 is 0 Å². The van der Waals surface area contributed by atoms with Crippen LogP contribution in [0.5, 0.6) is 0 Å². The second-order valence-corrected chi connectivity index (χ2v) is 6.53. The van der Waals surface area contributed by atoms with Gasteiger partial charge in [0.25, 0.3) is 0 Å². The molecule has 0 amide bonds. The highest BCUT2D eigenvalue weighted by Gasteiger charge is 2.12. The van der Waals surface area contributed by atoms with E-state index in [1.54, 1.807) is 11.3 Å². The molecular formula is C21H13NO2S. The maximum Gasteiger partial charge on any atom is 0.150 e. The number of nitrogens with zero attached hydrogens (tertiary/aromatic N) is 1. The predicted octanol–water partition coefficient (Wildman–Crippen LogP) is 5.26. The Hall–Kier alpha value is -3.11. The molecule has 4 aromatic rings. The van der Waals surface area contributed by atoms with Gasteiger partial charge in [0, 0.05) is 22.3 Å². The fraction of sp³-hybridized carbons (Fsp3) is 0. The Balaban J connectivity index is 1.85. The van der Waals surface area contributed by atoms with Gasteiger partial charge in [-0.05, 0) is 11.1 Å². The van der Waals surface area contributed by atoms with Crippen molar-refractivity contribution in [3.8, 4) is 22.3 Å². The SMILES string of the molecule is O=Cc1ccc(-c2ccc(-c3ccc(C=O)cc3)c3scnc23)cc1. The zero-order valence-electron chi connectivity index (χ0n) is 13.2. The molecule has 0 fully saturated rings. The molecule has 0 saturated carbocycles. The van der Waals surface area contributed by atoms with Crippen LogP contribution >= 0.6 is 11.3 Å². The largest absolute Gasteiger partial charge is 0.298 e. The van der Waals surface area contributed by atoms with Crippen LogP contribution in [0.25, 0.3) is 32.5 Å². The number of carbonyl (C=O) groups excluding carboxylic acids is 2. The molecule has 0 unspecified atom stereocenters. The van der Waals surface area contributed by atoms with Crippen molar-refractivity contribution in [1.82, 2.24) is 4.98 Å². The summed E-state index contributed by atoms with van der Waals surface area (Å²) in [4.78, 5) is 26.2. The number of hydrogen-bond acceptors (Lipinski definition) is 4. The Morgan fingerprint density at radius 2 is 1.20 bits per heavy atom. The standard InChI is InChI=1S/C21H13NO2S/c23-11-14-1-5-16(6-2-14)18-9-10-19(21-20(18)22-13-25-21)17-7-3-15(12-24)4-8-17/h1-13H. The van der Waals surface area contributed by atoms with Crippen LogP contribution < -0.4 is 0 Å². The van der Waals surface area contributed by atoms with E-state index in [0.29, 0.717) is 11.1 Å². The summed E-state index contributed by atoms with van der Waals surface area (Å²) in [7, 11) is 0. The Morgan fingerprint density at radius 3 is 1.76 bits per heavy atom. The van der Waals surface area contributed by atoms with E-state index < -0.39 is 0 Å². The van der Waals surface area contributed by atoms with E-state index in [-0.39, 0.29) is 0 Å². The summed E-state index contributed by atoms with van der Waals surface area (Å²) in [6.45, 7) is 0. The highest BCUT2D eigenvalue weighted by atomic mass is 32.1. The minimum atomic E-state index is 0.658. The fourth-order valence-corrected chi connectivity index (χ4v) is 3.74. The molecule has 4 heteroatoms. The number of hydrogen-bond donors (Lipinski definition) is 0. The normalized spacial score (nSPS) is 10.7. The first-order chi connectivity index (χ1) is 12.3. The monoisotopic (exact) mass is 343 g/mol. The molecule has 0 spiro atoms. The van der Waals surface area contributed by atoms with E-state index in [4.69, 9.17) is 0 Å². The van der Waals surface area contributed by atoms with Gasteiger partial charge < -0.3 is 0 Å². The van der Waals surface area contributed by atoms with E-state index in [1.807, 2.05) is 54.0 Å². The van der Waals surface area contributed by atoms with Crippen LogP contribution in [-0.2, 0) is 0 Å². The molecule has 0 radical (unpaired) electrons. The van der Waals surface area contributed by atoms with Gasteiger partial charge in [-0.1, -0.05) is 60.7 Å². The zero-order chi connectivity index (χ0) is 17.2. The van der Waals surface area contributed by atoms with Gasteiger partial charge in [-0.25, -0.2) is 4.98 Å². The summed E-state index contributed by atoms with van der Waals surface area (Å²) in [5.74, 6) is 0. The van der Waals surface area contributed by atoms with Crippen molar-refractivity contribution in [3.05, 3.63) is 77.3 Å². The summed E-state index contributed by atoms with van der Waals surface area (Å²) >= 11 is 1.60. The highest BCUT2D eigenvalue weighted by Crippen LogP contribution is 2.37. The Labute approximate surface area is 148 Å². The molecule has 25 heavy (non-hydrogen) atoms. The lowest BCUT2D eigenvalue weighted by Crippen LogP contribution is -1.86. The van der Waals surface area contributed by atoms with Crippen LogP contribution in [0, 0.1) is 0 Å². The van der Waals surface area contributed by atoms with Gasteiger partial charge in [0.05, 0.1) is 15.7 Å². The number of fused-ring (bicyclic) bond motifs is 1. The Morgan fingerprint density at radius 1 is 0.680 bits per heavy atom. The average Bonchev–Trinajstić information content (AvgIpc) is 3.17. The third-order valence-electron chi connectivity index (χ3n) is 4.20. The van der Waals surface area contributed by atoms with E-state index in [1.165, 1.54) is 0 Å². The number of carbonyl (C=O) groups is 2. The third-order valence-corrected chi connectivity index (χ3v) is 5.06. The van der Waals surface area contributed by atoms with Crippen molar-refractivity contribution < 1.29 is 9.59 Å². The van der Waals surface area contributed by atoms with Crippen LogP contribution in [0.4, 0.5) is 0 Å². The summed E-state index contributed by atoms with van der Waals surface area (Å²) in [5.41, 5.74) is 8.34. The van der Waals surface area contributed by atoms with Gasteiger partial charge in [0.15, 0.2) is 0 Å². The minimum absolute atomic E-state index is 0.658. The van der Waals surface area contributed by atoms with Gasteiger partial charge in [-0.3, -0.25) is 9.59 Å². The van der Waals surface area contributed by atoms with Crippen molar-refractivity contribution in [1.29, 1.82) is 0 Å². The smallest absolute Gasteiger partial charge is 0.150 e.